The molecule has 1 atom stereocenters. The third-order valence-electron chi connectivity index (χ3n) is 7.80. The minimum Gasteiger partial charge on any atom is -0.476 e. The summed E-state index contributed by atoms with van der Waals surface area (Å²) in [7, 11) is 1.84. The standard InChI is InChI=1S/C31H27ClN10O2/c1-17-13-20(18(2)35-21-7-8-26(32)37-28(21)31(43)44)27-22(14-17)36-24(16-34)30(38-27)42-11-9-41(10-12-42)25-6-4-5-19-23(15-33)39-40(3)29(19)25/h4-8,13-14,18,35H,9-12H2,1-3H3,(H,43,44)/t18-/m1/s1. The van der Waals surface area contributed by atoms with E-state index in [0.29, 0.717) is 54.4 Å². The van der Waals surface area contributed by atoms with Crippen LogP contribution in [0.1, 0.15) is 46.0 Å². The zero-order valence-corrected chi connectivity index (χ0v) is 25.0. The lowest BCUT2D eigenvalue weighted by Crippen LogP contribution is -2.47. The van der Waals surface area contributed by atoms with Crippen molar-refractivity contribution in [3.63, 3.8) is 0 Å². The second-order valence-electron chi connectivity index (χ2n) is 10.7. The van der Waals surface area contributed by atoms with E-state index in [1.807, 2.05) is 51.2 Å². The van der Waals surface area contributed by atoms with Gasteiger partial charge in [0.25, 0.3) is 0 Å². The number of rotatable bonds is 6. The van der Waals surface area contributed by atoms with Gasteiger partial charge in [0.05, 0.1) is 34.0 Å². The van der Waals surface area contributed by atoms with Gasteiger partial charge in [-0.2, -0.15) is 15.6 Å². The van der Waals surface area contributed by atoms with Gasteiger partial charge in [-0.1, -0.05) is 23.7 Å². The monoisotopic (exact) mass is 606 g/mol. The molecule has 0 aliphatic carbocycles. The number of fused-ring (bicyclic) bond motifs is 2. The number of carboxylic acid groups (broad SMARTS) is 1. The predicted octanol–water partition coefficient (Wildman–Crippen LogP) is 4.81. The molecule has 13 heteroatoms. The van der Waals surface area contributed by atoms with E-state index in [1.54, 1.807) is 10.7 Å². The molecule has 12 nitrogen and oxygen atoms in total. The van der Waals surface area contributed by atoms with Gasteiger partial charge in [-0.3, -0.25) is 4.68 Å². The third-order valence-corrected chi connectivity index (χ3v) is 8.01. The SMILES string of the molecule is Cc1cc([C@@H](C)Nc2ccc(Cl)nc2C(=O)O)c2nc(N3CCN(c4cccc5c(C#N)nn(C)c45)CC3)c(C#N)nc2c1. The molecule has 2 N–H and O–H groups in total. The maximum Gasteiger partial charge on any atom is 0.356 e. The van der Waals surface area contributed by atoms with Gasteiger partial charge in [0.15, 0.2) is 22.9 Å². The summed E-state index contributed by atoms with van der Waals surface area (Å²) in [6.07, 6.45) is 0. The summed E-state index contributed by atoms with van der Waals surface area (Å²) in [4.78, 5) is 29.8. The number of nitrogens with zero attached hydrogens (tertiary/aromatic N) is 9. The number of benzene rings is 2. The van der Waals surface area contributed by atoms with Crippen LogP contribution >= 0.6 is 11.6 Å². The van der Waals surface area contributed by atoms with Crippen LogP contribution < -0.4 is 15.1 Å². The summed E-state index contributed by atoms with van der Waals surface area (Å²) in [5, 5.41) is 37.7. The number of aromatic carboxylic acids is 1. The molecule has 4 heterocycles. The Morgan fingerprint density at radius 2 is 1.75 bits per heavy atom. The number of para-hydroxylation sites is 1. The summed E-state index contributed by atoms with van der Waals surface area (Å²) in [5.41, 5.74) is 5.63. The van der Waals surface area contributed by atoms with Gasteiger partial charge in [-0.15, -0.1) is 0 Å². The van der Waals surface area contributed by atoms with E-state index in [0.717, 1.165) is 27.7 Å². The first-order valence-electron chi connectivity index (χ1n) is 13.9. The summed E-state index contributed by atoms with van der Waals surface area (Å²) in [5.74, 6) is -0.692. The number of nitrogens with one attached hydrogen (secondary N) is 1. The van der Waals surface area contributed by atoms with Crippen molar-refractivity contribution < 1.29 is 9.90 Å². The van der Waals surface area contributed by atoms with Crippen molar-refractivity contribution in [2.75, 3.05) is 41.3 Å². The number of aromatic nitrogens is 5. The smallest absolute Gasteiger partial charge is 0.356 e. The number of pyridine rings is 1. The van der Waals surface area contributed by atoms with Crippen molar-refractivity contribution in [2.24, 2.45) is 7.05 Å². The molecule has 44 heavy (non-hydrogen) atoms. The van der Waals surface area contributed by atoms with Gasteiger partial charge >= 0.3 is 5.97 Å². The van der Waals surface area contributed by atoms with Crippen LogP contribution in [-0.4, -0.2) is 62.0 Å². The Bertz CT molecular complexity index is 2040. The predicted molar refractivity (Wildman–Crippen MR) is 167 cm³/mol. The molecule has 5 aromatic rings. The molecule has 0 spiro atoms. The molecule has 0 unspecified atom stereocenters. The fourth-order valence-electron chi connectivity index (χ4n) is 5.79. The van der Waals surface area contributed by atoms with Gasteiger partial charge in [0.1, 0.15) is 17.3 Å². The highest BCUT2D eigenvalue weighted by atomic mass is 35.5. The molecule has 1 aliphatic rings. The van der Waals surface area contributed by atoms with Gasteiger partial charge < -0.3 is 20.2 Å². The van der Waals surface area contributed by atoms with Crippen LogP contribution in [0.5, 0.6) is 0 Å². The van der Waals surface area contributed by atoms with Gasteiger partial charge in [0, 0.05) is 44.2 Å². The van der Waals surface area contributed by atoms with E-state index < -0.39 is 5.97 Å². The molecule has 220 valence electrons. The largest absolute Gasteiger partial charge is 0.476 e. The molecule has 0 amide bonds. The van der Waals surface area contributed by atoms with Crippen LogP contribution in [0.15, 0.2) is 42.5 Å². The minimum atomic E-state index is -1.19. The molecule has 2 aromatic carbocycles. The molecule has 0 radical (unpaired) electrons. The van der Waals surface area contributed by atoms with Crippen LogP contribution in [-0.2, 0) is 7.05 Å². The second kappa shape index (κ2) is 11.3. The van der Waals surface area contributed by atoms with Gasteiger partial charge in [0.2, 0.25) is 0 Å². The number of carboxylic acids is 1. The average Bonchev–Trinajstić information content (AvgIpc) is 3.36. The quantitative estimate of drug-likeness (QED) is 0.255. The lowest BCUT2D eigenvalue weighted by Gasteiger charge is -2.37. The maximum atomic E-state index is 11.8. The van der Waals surface area contributed by atoms with E-state index in [1.165, 1.54) is 6.07 Å². The number of halogens is 1. The molecule has 3 aromatic heterocycles. The fraction of sp³-hybridized carbons (Fsp3) is 0.258. The summed E-state index contributed by atoms with van der Waals surface area (Å²) < 4.78 is 1.75. The molecule has 0 bridgehead atoms. The Balaban J connectivity index is 1.32. The number of hydrogen-bond acceptors (Lipinski definition) is 10. The highest BCUT2D eigenvalue weighted by Gasteiger charge is 2.26. The van der Waals surface area contributed by atoms with E-state index in [2.05, 4.69) is 37.3 Å². The lowest BCUT2D eigenvalue weighted by atomic mass is 10.0. The van der Waals surface area contributed by atoms with E-state index in [9.17, 15) is 20.4 Å². The zero-order chi connectivity index (χ0) is 31.1. The van der Waals surface area contributed by atoms with Crippen LogP contribution in [0.2, 0.25) is 5.15 Å². The zero-order valence-electron chi connectivity index (χ0n) is 24.2. The summed E-state index contributed by atoms with van der Waals surface area (Å²) >= 11 is 5.95. The van der Waals surface area contributed by atoms with E-state index >= 15 is 0 Å². The highest BCUT2D eigenvalue weighted by molar-refractivity contribution is 6.29. The Labute approximate surface area is 257 Å². The molecule has 1 aliphatic heterocycles. The topological polar surface area (TPSA) is 160 Å². The van der Waals surface area contributed by atoms with E-state index in [4.69, 9.17) is 21.6 Å². The normalized spacial score (nSPS) is 14.0. The van der Waals surface area contributed by atoms with Crippen LogP contribution in [0.4, 0.5) is 17.2 Å². The summed E-state index contributed by atoms with van der Waals surface area (Å²) in [6, 6.07) is 16.9. The number of aryl methyl sites for hydroxylation is 2. The van der Waals surface area contributed by atoms with Crippen molar-refractivity contribution in [2.45, 2.75) is 19.9 Å². The van der Waals surface area contributed by atoms with Crippen molar-refractivity contribution >= 4 is 56.7 Å². The molecular formula is C31H27ClN10O2. The lowest BCUT2D eigenvalue weighted by molar-refractivity contribution is 0.0691. The van der Waals surface area contributed by atoms with Gasteiger partial charge in [-0.05, 0) is 49.7 Å². The first kappa shape index (κ1) is 28.6. The molecule has 6 rings (SSSR count). The Morgan fingerprint density at radius 1 is 1.02 bits per heavy atom. The molecular weight excluding hydrogens is 580 g/mol. The Hall–Kier alpha value is -5.46. The van der Waals surface area contributed by atoms with Crippen molar-refractivity contribution in [3.8, 4) is 12.1 Å². The third kappa shape index (κ3) is 5.06. The van der Waals surface area contributed by atoms with Crippen molar-refractivity contribution in [3.05, 3.63) is 75.8 Å². The summed E-state index contributed by atoms with van der Waals surface area (Å²) in [6.45, 7) is 6.37. The van der Waals surface area contributed by atoms with Crippen LogP contribution in [0.3, 0.4) is 0 Å². The minimum absolute atomic E-state index is 0.0881. The van der Waals surface area contributed by atoms with Crippen LogP contribution in [0.25, 0.3) is 21.9 Å². The fourth-order valence-corrected chi connectivity index (χ4v) is 5.94. The number of hydrogen-bond donors (Lipinski definition) is 2. The van der Waals surface area contributed by atoms with Crippen molar-refractivity contribution in [1.82, 2.24) is 24.7 Å². The van der Waals surface area contributed by atoms with Crippen molar-refractivity contribution in [1.29, 1.82) is 10.5 Å². The molecule has 1 saturated heterocycles. The first-order chi connectivity index (χ1) is 21.2. The van der Waals surface area contributed by atoms with Crippen LogP contribution in [0, 0.1) is 29.6 Å². The van der Waals surface area contributed by atoms with E-state index in [-0.39, 0.29) is 22.6 Å². The number of nitriles is 2. The molecule has 1 fully saturated rings. The Kier molecular flexibility index (Phi) is 7.37. The second-order valence-corrected chi connectivity index (χ2v) is 11.0. The van der Waals surface area contributed by atoms with Gasteiger partial charge in [-0.25, -0.2) is 19.7 Å². The highest BCUT2D eigenvalue weighted by Crippen LogP contribution is 2.33. The number of carbonyl (C=O) groups is 1. The number of anilines is 3. The number of piperazine rings is 1. The Morgan fingerprint density at radius 3 is 2.45 bits per heavy atom. The average molecular weight is 607 g/mol. The molecule has 0 saturated carbocycles. The maximum absolute atomic E-state index is 11.8. The first-order valence-corrected chi connectivity index (χ1v) is 14.3.